The molecule has 0 aliphatic heterocycles. The van der Waals surface area contributed by atoms with E-state index in [-0.39, 0.29) is 0 Å². The minimum absolute atomic E-state index is 0.900. The molecule has 1 aromatic heterocycles. The molecule has 16 heavy (non-hydrogen) atoms. The molecule has 0 radical (unpaired) electrons. The van der Waals surface area contributed by atoms with Gasteiger partial charge in [-0.05, 0) is 24.8 Å². The predicted molar refractivity (Wildman–Crippen MR) is 66.2 cm³/mol. The second kappa shape index (κ2) is 6.04. The molecule has 3 nitrogen and oxygen atoms in total. The van der Waals surface area contributed by atoms with Crippen molar-refractivity contribution in [3.63, 3.8) is 0 Å². The highest BCUT2D eigenvalue weighted by atomic mass is 15.0. The van der Waals surface area contributed by atoms with Crippen molar-refractivity contribution in [2.24, 2.45) is 11.8 Å². The first kappa shape index (κ1) is 11.6. The molecule has 2 atom stereocenters. The summed E-state index contributed by atoms with van der Waals surface area (Å²) in [5.41, 5.74) is 0. The van der Waals surface area contributed by atoms with Crippen LogP contribution in [0.2, 0.25) is 0 Å². The van der Waals surface area contributed by atoms with E-state index in [0.717, 1.165) is 24.9 Å². The molecule has 0 spiro atoms. The minimum atomic E-state index is 0.900. The monoisotopic (exact) mass is 221 g/mol. The Labute approximate surface area is 98.3 Å². The molecule has 0 saturated heterocycles. The lowest BCUT2D eigenvalue weighted by Gasteiger charge is -2.28. The summed E-state index contributed by atoms with van der Waals surface area (Å²) in [6.45, 7) is 5.68. The molecule has 0 unspecified atom stereocenters. The van der Waals surface area contributed by atoms with Crippen molar-refractivity contribution in [3.8, 4) is 0 Å². The van der Waals surface area contributed by atoms with E-state index >= 15 is 0 Å². The quantitative estimate of drug-likeness (QED) is 0.773. The Balaban J connectivity index is 1.60. The van der Waals surface area contributed by atoms with Crippen LogP contribution in [0.3, 0.4) is 0 Å². The van der Waals surface area contributed by atoms with E-state index in [1.165, 1.54) is 32.2 Å². The number of nitrogens with one attached hydrogen (secondary N) is 1. The first-order valence-electron chi connectivity index (χ1n) is 6.52. The van der Waals surface area contributed by atoms with Gasteiger partial charge in [-0.1, -0.05) is 26.2 Å². The molecular weight excluding hydrogens is 198 g/mol. The van der Waals surface area contributed by atoms with Crippen molar-refractivity contribution in [1.29, 1.82) is 0 Å². The molecule has 0 amide bonds. The van der Waals surface area contributed by atoms with Crippen LogP contribution in [0.25, 0.3) is 0 Å². The summed E-state index contributed by atoms with van der Waals surface area (Å²) in [6, 6.07) is 0. The first-order chi connectivity index (χ1) is 7.86. The van der Waals surface area contributed by atoms with Gasteiger partial charge >= 0.3 is 0 Å². The maximum atomic E-state index is 4.04. The molecule has 1 heterocycles. The van der Waals surface area contributed by atoms with E-state index in [9.17, 15) is 0 Å². The summed E-state index contributed by atoms with van der Waals surface area (Å²) in [7, 11) is 0. The van der Waals surface area contributed by atoms with Crippen molar-refractivity contribution in [2.45, 2.75) is 39.2 Å². The van der Waals surface area contributed by atoms with Crippen LogP contribution < -0.4 is 5.32 Å². The summed E-state index contributed by atoms with van der Waals surface area (Å²) < 4.78 is 2.12. The molecule has 1 aliphatic rings. The molecule has 1 fully saturated rings. The molecule has 1 saturated carbocycles. The van der Waals surface area contributed by atoms with Gasteiger partial charge in [0.05, 0.1) is 6.33 Å². The van der Waals surface area contributed by atoms with Gasteiger partial charge < -0.3 is 9.88 Å². The SMILES string of the molecule is C[C@H]1CCCC[C@@H]1CNCCn1ccnc1. The highest BCUT2D eigenvalue weighted by Gasteiger charge is 2.20. The fourth-order valence-electron chi connectivity index (χ4n) is 2.61. The topological polar surface area (TPSA) is 29.9 Å². The summed E-state index contributed by atoms with van der Waals surface area (Å²) in [5, 5.41) is 3.58. The minimum Gasteiger partial charge on any atom is -0.336 e. The Morgan fingerprint density at radius 2 is 2.25 bits per heavy atom. The molecule has 3 heteroatoms. The van der Waals surface area contributed by atoms with Crippen LogP contribution in [-0.4, -0.2) is 22.6 Å². The largest absolute Gasteiger partial charge is 0.336 e. The summed E-state index contributed by atoms with van der Waals surface area (Å²) in [6.07, 6.45) is 11.4. The second-order valence-corrected chi connectivity index (χ2v) is 5.03. The fraction of sp³-hybridized carbons (Fsp3) is 0.769. The zero-order valence-corrected chi connectivity index (χ0v) is 10.2. The van der Waals surface area contributed by atoms with E-state index in [1.807, 2.05) is 18.7 Å². The summed E-state index contributed by atoms with van der Waals surface area (Å²) in [5.74, 6) is 1.81. The normalized spacial score (nSPS) is 25.8. The van der Waals surface area contributed by atoms with E-state index in [0.29, 0.717) is 0 Å². The third-order valence-electron chi connectivity index (χ3n) is 3.80. The van der Waals surface area contributed by atoms with E-state index in [2.05, 4.69) is 21.8 Å². The fourth-order valence-corrected chi connectivity index (χ4v) is 2.61. The van der Waals surface area contributed by atoms with Crippen LogP contribution in [0.15, 0.2) is 18.7 Å². The molecule has 1 aliphatic carbocycles. The molecule has 0 bridgehead atoms. The Hall–Kier alpha value is -0.830. The lowest BCUT2D eigenvalue weighted by atomic mass is 9.80. The summed E-state index contributed by atoms with van der Waals surface area (Å²) >= 11 is 0. The van der Waals surface area contributed by atoms with Gasteiger partial charge in [-0.3, -0.25) is 0 Å². The van der Waals surface area contributed by atoms with Crippen molar-refractivity contribution < 1.29 is 0 Å². The molecule has 90 valence electrons. The van der Waals surface area contributed by atoms with Crippen molar-refractivity contribution >= 4 is 0 Å². The molecule has 2 rings (SSSR count). The second-order valence-electron chi connectivity index (χ2n) is 5.03. The van der Waals surface area contributed by atoms with Gasteiger partial charge in [0.1, 0.15) is 0 Å². The molecule has 1 aromatic rings. The Bertz CT molecular complexity index is 281. The number of nitrogens with zero attached hydrogens (tertiary/aromatic N) is 2. The average Bonchev–Trinajstić information content (AvgIpc) is 2.79. The average molecular weight is 221 g/mol. The van der Waals surface area contributed by atoms with Gasteiger partial charge in [0, 0.05) is 25.5 Å². The van der Waals surface area contributed by atoms with Crippen LogP contribution in [0, 0.1) is 11.8 Å². The summed E-state index contributed by atoms with van der Waals surface area (Å²) in [4.78, 5) is 4.04. The Morgan fingerprint density at radius 1 is 1.38 bits per heavy atom. The lowest BCUT2D eigenvalue weighted by Crippen LogP contribution is -2.31. The van der Waals surface area contributed by atoms with Crippen LogP contribution >= 0.6 is 0 Å². The maximum Gasteiger partial charge on any atom is 0.0946 e. The van der Waals surface area contributed by atoms with Gasteiger partial charge in [-0.2, -0.15) is 0 Å². The zero-order valence-electron chi connectivity index (χ0n) is 10.2. The molecule has 1 N–H and O–H groups in total. The van der Waals surface area contributed by atoms with Gasteiger partial charge in [0.25, 0.3) is 0 Å². The smallest absolute Gasteiger partial charge is 0.0946 e. The van der Waals surface area contributed by atoms with Gasteiger partial charge in [0.2, 0.25) is 0 Å². The standard InChI is InChI=1S/C13H23N3/c1-12-4-2-3-5-13(12)10-14-6-8-16-9-7-15-11-16/h7,9,11-14H,2-6,8,10H2,1H3/t12-,13+/m0/s1. The maximum absolute atomic E-state index is 4.04. The van der Waals surface area contributed by atoms with Crippen LogP contribution in [0.1, 0.15) is 32.6 Å². The van der Waals surface area contributed by atoms with Crippen molar-refractivity contribution in [1.82, 2.24) is 14.9 Å². The number of imidazole rings is 1. The number of rotatable bonds is 5. The van der Waals surface area contributed by atoms with Crippen LogP contribution in [0.4, 0.5) is 0 Å². The van der Waals surface area contributed by atoms with Crippen molar-refractivity contribution in [2.75, 3.05) is 13.1 Å². The Morgan fingerprint density at radius 3 is 3.00 bits per heavy atom. The Kier molecular flexibility index (Phi) is 4.40. The third kappa shape index (κ3) is 3.34. The van der Waals surface area contributed by atoms with Crippen LogP contribution in [0.5, 0.6) is 0 Å². The van der Waals surface area contributed by atoms with Gasteiger partial charge in [0.15, 0.2) is 0 Å². The predicted octanol–water partition coefficient (Wildman–Crippen LogP) is 2.30. The third-order valence-corrected chi connectivity index (χ3v) is 3.80. The highest BCUT2D eigenvalue weighted by molar-refractivity contribution is 4.76. The number of aromatic nitrogens is 2. The van der Waals surface area contributed by atoms with Crippen LogP contribution in [-0.2, 0) is 6.54 Å². The molecular formula is C13H23N3. The van der Waals surface area contributed by atoms with E-state index < -0.39 is 0 Å². The first-order valence-corrected chi connectivity index (χ1v) is 6.52. The van der Waals surface area contributed by atoms with Gasteiger partial charge in [-0.25, -0.2) is 4.98 Å². The lowest BCUT2D eigenvalue weighted by molar-refractivity contribution is 0.247. The molecule has 0 aromatic carbocycles. The zero-order chi connectivity index (χ0) is 11.2. The number of hydrogen-bond donors (Lipinski definition) is 1. The van der Waals surface area contributed by atoms with E-state index in [1.54, 1.807) is 0 Å². The highest BCUT2D eigenvalue weighted by Crippen LogP contribution is 2.28. The van der Waals surface area contributed by atoms with Crippen molar-refractivity contribution in [3.05, 3.63) is 18.7 Å². The number of hydrogen-bond acceptors (Lipinski definition) is 2. The van der Waals surface area contributed by atoms with E-state index in [4.69, 9.17) is 0 Å². The van der Waals surface area contributed by atoms with Gasteiger partial charge in [-0.15, -0.1) is 0 Å².